The van der Waals surface area contributed by atoms with Crippen molar-refractivity contribution in [3.63, 3.8) is 0 Å². The highest BCUT2D eigenvalue weighted by Crippen LogP contribution is 2.15. The zero-order valence-corrected chi connectivity index (χ0v) is 11.2. The van der Waals surface area contributed by atoms with E-state index in [4.69, 9.17) is 0 Å². The first-order valence-corrected chi connectivity index (χ1v) is 6.18. The molecule has 0 saturated heterocycles. The Morgan fingerprint density at radius 1 is 1.37 bits per heavy atom. The van der Waals surface area contributed by atoms with Crippen molar-refractivity contribution in [1.29, 1.82) is 0 Å². The smallest absolute Gasteiger partial charge is 0.337 e. The van der Waals surface area contributed by atoms with Gasteiger partial charge in [0, 0.05) is 5.69 Å². The molecule has 7 heteroatoms. The van der Waals surface area contributed by atoms with Gasteiger partial charge in [-0.25, -0.2) is 4.79 Å². The van der Waals surface area contributed by atoms with Gasteiger partial charge in [-0.15, -0.1) is 5.10 Å². The summed E-state index contributed by atoms with van der Waals surface area (Å²) in [6, 6.07) is 6.52. The van der Waals surface area contributed by atoms with Gasteiger partial charge in [-0.3, -0.25) is 4.79 Å². The van der Waals surface area contributed by atoms with Crippen LogP contribution in [0.2, 0.25) is 0 Å². The highest BCUT2D eigenvalue weighted by Gasteiger charge is 2.14. The first kappa shape index (κ1) is 13.2. The number of hydrogen-bond acceptors (Lipinski definition) is 6. The molecule has 2 aromatic rings. The lowest BCUT2D eigenvalue weighted by Gasteiger charge is -2.05. The standard InChI is InChI=1S/C12H11N3O3S/c1-7-10(19-15-14-7)11(16)13-9-5-3-4-8(6-9)12(17)18-2/h3-6H,1-2H3,(H,13,16). The van der Waals surface area contributed by atoms with Crippen molar-refractivity contribution < 1.29 is 14.3 Å². The molecule has 0 spiro atoms. The van der Waals surface area contributed by atoms with E-state index in [0.29, 0.717) is 21.8 Å². The van der Waals surface area contributed by atoms with Crippen molar-refractivity contribution in [2.75, 3.05) is 12.4 Å². The van der Waals surface area contributed by atoms with Gasteiger partial charge in [0.15, 0.2) is 0 Å². The maximum Gasteiger partial charge on any atom is 0.337 e. The molecule has 0 bridgehead atoms. The Hall–Kier alpha value is -2.28. The fourth-order valence-electron chi connectivity index (χ4n) is 1.47. The Morgan fingerprint density at radius 3 is 2.79 bits per heavy atom. The normalized spacial score (nSPS) is 10.0. The molecular weight excluding hydrogens is 266 g/mol. The van der Waals surface area contributed by atoms with E-state index in [0.717, 1.165) is 11.5 Å². The van der Waals surface area contributed by atoms with Gasteiger partial charge in [-0.2, -0.15) is 0 Å². The van der Waals surface area contributed by atoms with Crippen molar-refractivity contribution in [3.8, 4) is 0 Å². The number of nitrogens with zero attached hydrogens (tertiary/aromatic N) is 2. The van der Waals surface area contributed by atoms with Crippen LogP contribution >= 0.6 is 11.5 Å². The lowest BCUT2D eigenvalue weighted by molar-refractivity contribution is 0.0600. The number of hydrogen-bond donors (Lipinski definition) is 1. The predicted octanol–water partition coefficient (Wildman–Crippen LogP) is 1.89. The van der Waals surface area contributed by atoms with Crippen molar-refractivity contribution in [2.45, 2.75) is 6.92 Å². The number of benzene rings is 1. The number of aromatic nitrogens is 2. The minimum atomic E-state index is -0.452. The van der Waals surface area contributed by atoms with Crippen LogP contribution in [0.4, 0.5) is 5.69 Å². The molecule has 98 valence electrons. The number of methoxy groups -OCH3 is 1. The van der Waals surface area contributed by atoms with Crippen LogP contribution in [0.3, 0.4) is 0 Å². The minimum absolute atomic E-state index is 0.297. The van der Waals surface area contributed by atoms with E-state index in [1.807, 2.05) is 0 Å². The topological polar surface area (TPSA) is 81.2 Å². The van der Waals surface area contributed by atoms with Gasteiger partial charge in [0.25, 0.3) is 5.91 Å². The molecule has 1 heterocycles. The number of nitrogens with one attached hydrogen (secondary N) is 1. The van der Waals surface area contributed by atoms with Gasteiger partial charge in [-0.1, -0.05) is 10.6 Å². The van der Waals surface area contributed by atoms with E-state index in [1.54, 1.807) is 31.2 Å². The summed E-state index contributed by atoms with van der Waals surface area (Å²) in [7, 11) is 1.31. The summed E-state index contributed by atoms with van der Waals surface area (Å²) in [6.07, 6.45) is 0. The summed E-state index contributed by atoms with van der Waals surface area (Å²) >= 11 is 1.03. The first-order valence-electron chi connectivity index (χ1n) is 5.40. The van der Waals surface area contributed by atoms with Crippen molar-refractivity contribution in [3.05, 3.63) is 40.4 Å². The molecule has 6 nitrogen and oxygen atoms in total. The zero-order chi connectivity index (χ0) is 13.8. The fourth-order valence-corrected chi connectivity index (χ4v) is 2.02. The molecular formula is C12H11N3O3S. The number of anilines is 1. The van der Waals surface area contributed by atoms with Crippen LogP contribution < -0.4 is 5.32 Å². The van der Waals surface area contributed by atoms with Crippen LogP contribution in [0.5, 0.6) is 0 Å². The second kappa shape index (κ2) is 5.57. The molecule has 1 aromatic carbocycles. The third kappa shape index (κ3) is 2.94. The van der Waals surface area contributed by atoms with Crippen molar-refractivity contribution >= 4 is 29.1 Å². The van der Waals surface area contributed by atoms with E-state index >= 15 is 0 Å². The molecule has 0 aliphatic rings. The summed E-state index contributed by atoms with van der Waals surface area (Å²) in [5, 5.41) is 6.46. The van der Waals surface area contributed by atoms with E-state index in [2.05, 4.69) is 19.6 Å². The van der Waals surface area contributed by atoms with Crippen LogP contribution in [-0.2, 0) is 4.74 Å². The second-order valence-electron chi connectivity index (χ2n) is 3.71. The van der Waals surface area contributed by atoms with Crippen LogP contribution in [-0.4, -0.2) is 28.6 Å². The minimum Gasteiger partial charge on any atom is -0.465 e. The number of aryl methyl sites for hydroxylation is 1. The second-order valence-corrected chi connectivity index (χ2v) is 4.47. The zero-order valence-electron chi connectivity index (χ0n) is 10.3. The molecule has 19 heavy (non-hydrogen) atoms. The van der Waals surface area contributed by atoms with Crippen LogP contribution in [0, 0.1) is 6.92 Å². The van der Waals surface area contributed by atoms with Crippen LogP contribution in [0.1, 0.15) is 25.7 Å². The quantitative estimate of drug-likeness (QED) is 0.866. The highest BCUT2D eigenvalue weighted by atomic mass is 32.1. The summed E-state index contributed by atoms with van der Waals surface area (Å²) in [4.78, 5) is 23.8. The monoisotopic (exact) mass is 277 g/mol. The maximum atomic E-state index is 11.9. The summed E-state index contributed by atoms with van der Waals surface area (Å²) in [5.41, 5.74) is 1.46. The molecule has 1 amide bonds. The van der Waals surface area contributed by atoms with Gasteiger partial charge in [0.2, 0.25) is 0 Å². The molecule has 2 rings (SSSR count). The van der Waals surface area contributed by atoms with Gasteiger partial charge in [0.05, 0.1) is 18.4 Å². The Balaban J connectivity index is 2.18. The number of amides is 1. The van der Waals surface area contributed by atoms with Crippen LogP contribution in [0.15, 0.2) is 24.3 Å². The summed E-state index contributed by atoms with van der Waals surface area (Å²) in [5.74, 6) is -0.749. The number of carbonyl (C=O) groups is 2. The van der Waals surface area contributed by atoms with Gasteiger partial charge >= 0.3 is 5.97 Å². The molecule has 1 N–H and O–H groups in total. The van der Waals surface area contributed by atoms with Gasteiger partial charge in [0.1, 0.15) is 4.88 Å². The van der Waals surface area contributed by atoms with E-state index in [-0.39, 0.29) is 5.91 Å². The first-order chi connectivity index (χ1) is 9.11. The largest absolute Gasteiger partial charge is 0.465 e. The molecule has 1 aromatic heterocycles. The van der Waals surface area contributed by atoms with Crippen LogP contribution in [0.25, 0.3) is 0 Å². The Kier molecular flexibility index (Phi) is 3.86. The highest BCUT2D eigenvalue weighted by molar-refractivity contribution is 7.08. The Labute approximate surface area is 113 Å². The molecule has 0 aliphatic carbocycles. The van der Waals surface area contributed by atoms with E-state index < -0.39 is 5.97 Å². The molecule has 0 radical (unpaired) electrons. The Morgan fingerprint density at radius 2 is 2.16 bits per heavy atom. The SMILES string of the molecule is COC(=O)c1cccc(NC(=O)c2snnc2C)c1. The number of ether oxygens (including phenoxy) is 1. The Bertz CT molecular complexity index is 624. The number of rotatable bonds is 3. The average molecular weight is 277 g/mol. The number of carbonyl (C=O) groups excluding carboxylic acids is 2. The summed E-state index contributed by atoms with van der Waals surface area (Å²) in [6.45, 7) is 1.71. The molecule has 0 fully saturated rings. The molecule has 0 atom stereocenters. The van der Waals surface area contributed by atoms with Crippen molar-refractivity contribution in [1.82, 2.24) is 9.59 Å². The molecule has 0 aliphatic heterocycles. The van der Waals surface area contributed by atoms with Crippen molar-refractivity contribution in [2.24, 2.45) is 0 Å². The van der Waals surface area contributed by atoms with E-state index in [9.17, 15) is 9.59 Å². The lowest BCUT2D eigenvalue weighted by atomic mass is 10.2. The molecule has 0 unspecified atom stereocenters. The van der Waals surface area contributed by atoms with Gasteiger partial charge in [-0.05, 0) is 36.7 Å². The third-order valence-electron chi connectivity index (χ3n) is 2.40. The lowest BCUT2D eigenvalue weighted by Crippen LogP contribution is -2.12. The predicted molar refractivity (Wildman–Crippen MR) is 70.4 cm³/mol. The molecule has 0 saturated carbocycles. The van der Waals surface area contributed by atoms with E-state index in [1.165, 1.54) is 7.11 Å². The number of esters is 1. The van der Waals surface area contributed by atoms with Gasteiger partial charge < -0.3 is 10.1 Å². The fraction of sp³-hybridized carbons (Fsp3) is 0.167. The maximum absolute atomic E-state index is 11.9. The summed E-state index contributed by atoms with van der Waals surface area (Å²) < 4.78 is 8.32. The third-order valence-corrected chi connectivity index (χ3v) is 3.23. The average Bonchev–Trinajstić information content (AvgIpc) is 2.84.